The number of nitrogens with zero attached hydrogens (tertiary/aromatic N) is 3. The molecule has 3 heterocycles. The highest BCUT2D eigenvalue weighted by atomic mass is 32.2. The molecule has 1 saturated heterocycles. The average Bonchev–Trinajstić information content (AvgIpc) is 2.53. The molecule has 0 atom stereocenters. The Balaban J connectivity index is 1.63. The fourth-order valence-electron chi connectivity index (χ4n) is 2.77. The van der Waals surface area contributed by atoms with Crippen LogP contribution in [0.1, 0.15) is 12.8 Å². The lowest BCUT2D eigenvalue weighted by molar-refractivity contribution is -0.107. The van der Waals surface area contributed by atoms with E-state index in [9.17, 15) is 26.4 Å². The maximum atomic E-state index is 12.4. The Labute approximate surface area is 146 Å². The molecule has 0 saturated carbocycles. The van der Waals surface area contributed by atoms with Gasteiger partial charge in [0.15, 0.2) is 5.75 Å². The van der Waals surface area contributed by atoms with Gasteiger partial charge in [0, 0.05) is 36.8 Å². The largest absolute Gasteiger partial charge is 0.404 e. The van der Waals surface area contributed by atoms with Crippen molar-refractivity contribution >= 4 is 27.0 Å². The Hall–Kier alpha value is -2.21. The van der Waals surface area contributed by atoms with Crippen LogP contribution in [0.2, 0.25) is 0 Å². The van der Waals surface area contributed by atoms with Crippen LogP contribution in [0.25, 0.3) is 11.0 Å². The second kappa shape index (κ2) is 6.83. The number of fused-ring (bicyclic) bond motifs is 1. The SMILES string of the molecule is O=c1ccc2cnc(NC3CCN(S(=O)(=O)CC(F)(F)F)CC3)nc2[nH]1. The molecule has 0 aromatic carbocycles. The number of nitrogens with one attached hydrogen (secondary N) is 2. The summed E-state index contributed by atoms with van der Waals surface area (Å²) in [7, 11) is -4.36. The highest BCUT2D eigenvalue weighted by molar-refractivity contribution is 7.89. The van der Waals surface area contributed by atoms with Gasteiger partial charge < -0.3 is 10.3 Å². The second-order valence-electron chi connectivity index (χ2n) is 6.01. The Bertz CT molecular complexity index is 952. The summed E-state index contributed by atoms with van der Waals surface area (Å²) in [6.45, 7) is -0.0268. The Morgan fingerprint density at radius 3 is 2.62 bits per heavy atom. The molecule has 0 bridgehead atoms. The summed E-state index contributed by atoms with van der Waals surface area (Å²) in [4.78, 5) is 22.2. The summed E-state index contributed by atoms with van der Waals surface area (Å²) in [6.07, 6.45) is -2.58. The van der Waals surface area contributed by atoms with Gasteiger partial charge in [-0.3, -0.25) is 4.79 Å². The van der Waals surface area contributed by atoms with E-state index in [0.717, 1.165) is 4.31 Å². The Morgan fingerprint density at radius 1 is 1.27 bits per heavy atom. The van der Waals surface area contributed by atoms with Crippen molar-refractivity contribution in [3.05, 3.63) is 28.7 Å². The second-order valence-corrected chi connectivity index (χ2v) is 7.98. The average molecular weight is 391 g/mol. The molecule has 2 aromatic rings. The molecular formula is C14H16F3N5O3S. The number of aromatic amines is 1. The van der Waals surface area contributed by atoms with E-state index in [1.54, 1.807) is 6.07 Å². The zero-order valence-electron chi connectivity index (χ0n) is 13.5. The fourth-order valence-corrected chi connectivity index (χ4v) is 4.13. The van der Waals surface area contributed by atoms with Gasteiger partial charge in [0.2, 0.25) is 21.5 Å². The fraction of sp³-hybridized carbons (Fsp3) is 0.500. The predicted octanol–water partition coefficient (Wildman–Crippen LogP) is 1.09. The third-order valence-corrected chi connectivity index (χ3v) is 5.84. The number of H-pyrrole nitrogens is 1. The maximum absolute atomic E-state index is 12.4. The third kappa shape index (κ3) is 4.49. The van der Waals surface area contributed by atoms with E-state index in [1.165, 1.54) is 12.3 Å². The van der Waals surface area contributed by atoms with Gasteiger partial charge in [0.05, 0.1) is 0 Å². The standard InChI is InChI=1S/C14H16F3N5O3S/c15-14(16,17)8-26(24,25)22-5-3-10(4-6-22)19-13-18-7-9-1-2-11(23)20-12(9)21-13/h1-2,7,10H,3-6,8H2,(H2,18,19,20,21,23). The third-order valence-electron chi connectivity index (χ3n) is 4.00. The molecule has 0 radical (unpaired) electrons. The Morgan fingerprint density at radius 2 is 1.96 bits per heavy atom. The van der Waals surface area contributed by atoms with Crippen molar-refractivity contribution in [1.29, 1.82) is 0 Å². The van der Waals surface area contributed by atoms with E-state index in [1.807, 2.05) is 0 Å². The summed E-state index contributed by atoms with van der Waals surface area (Å²) < 4.78 is 61.5. The topological polar surface area (TPSA) is 108 Å². The van der Waals surface area contributed by atoms with E-state index >= 15 is 0 Å². The summed E-state index contributed by atoms with van der Waals surface area (Å²) >= 11 is 0. The van der Waals surface area contributed by atoms with Crippen LogP contribution in [0.15, 0.2) is 23.1 Å². The molecule has 3 rings (SSSR count). The predicted molar refractivity (Wildman–Crippen MR) is 88.2 cm³/mol. The summed E-state index contributed by atoms with van der Waals surface area (Å²) in [6, 6.07) is 2.76. The van der Waals surface area contributed by atoms with E-state index in [4.69, 9.17) is 0 Å². The van der Waals surface area contributed by atoms with Gasteiger partial charge in [-0.25, -0.2) is 17.7 Å². The molecule has 26 heavy (non-hydrogen) atoms. The minimum Gasteiger partial charge on any atom is -0.351 e. The van der Waals surface area contributed by atoms with Crippen LogP contribution in [-0.2, 0) is 10.0 Å². The highest BCUT2D eigenvalue weighted by Gasteiger charge is 2.39. The van der Waals surface area contributed by atoms with Crippen LogP contribution >= 0.6 is 0 Å². The molecule has 1 fully saturated rings. The molecule has 142 valence electrons. The van der Waals surface area contributed by atoms with E-state index < -0.39 is 22.0 Å². The maximum Gasteiger partial charge on any atom is 0.404 e. The number of halogens is 3. The van der Waals surface area contributed by atoms with Crippen molar-refractivity contribution in [1.82, 2.24) is 19.3 Å². The number of pyridine rings is 1. The molecule has 0 amide bonds. The lowest BCUT2D eigenvalue weighted by atomic mass is 10.1. The van der Waals surface area contributed by atoms with Crippen LogP contribution in [0, 0.1) is 0 Å². The smallest absolute Gasteiger partial charge is 0.351 e. The van der Waals surface area contributed by atoms with Crippen molar-refractivity contribution in [2.24, 2.45) is 0 Å². The van der Waals surface area contributed by atoms with Gasteiger partial charge >= 0.3 is 6.18 Å². The zero-order chi connectivity index (χ0) is 18.9. The van der Waals surface area contributed by atoms with Crippen molar-refractivity contribution in [2.75, 3.05) is 24.2 Å². The highest BCUT2D eigenvalue weighted by Crippen LogP contribution is 2.23. The first kappa shape index (κ1) is 18.6. The Kier molecular flexibility index (Phi) is 4.88. The normalized spacial score (nSPS) is 17.5. The van der Waals surface area contributed by atoms with Gasteiger partial charge in [0.1, 0.15) is 5.65 Å². The molecule has 8 nitrogen and oxygen atoms in total. The molecule has 2 aromatic heterocycles. The quantitative estimate of drug-likeness (QED) is 0.808. The van der Waals surface area contributed by atoms with Crippen LogP contribution in [0.3, 0.4) is 0 Å². The number of piperidine rings is 1. The van der Waals surface area contributed by atoms with Crippen molar-refractivity contribution in [3.8, 4) is 0 Å². The molecule has 1 aliphatic rings. The summed E-state index contributed by atoms with van der Waals surface area (Å²) in [5.41, 5.74) is 0.0607. The van der Waals surface area contributed by atoms with Crippen LogP contribution in [0.5, 0.6) is 0 Å². The zero-order valence-corrected chi connectivity index (χ0v) is 14.3. The van der Waals surface area contributed by atoms with Gasteiger partial charge in [0.25, 0.3) is 0 Å². The van der Waals surface area contributed by atoms with Crippen molar-refractivity contribution in [2.45, 2.75) is 25.1 Å². The van der Waals surface area contributed by atoms with E-state index in [0.29, 0.717) is 23.9 Å². The number of anilines is 1. The molecule has 12 heteroatoms. The van der Waals surface area contributed by atoms with E-state index in [-0.39, 0.29) is 30.6 Å². The lowest BCUT2D eigenvalue weighted by Gasteiger charge is -2.31. The van der Waals surface area contributed by atoms with E-state index in [2.05, 4.69) is 20.3 Å². The molecule has 2 N–H and O–H groups in total. The number of hydrogen-bond acceptors (Lipinski definition) is 6. The molecule has 0 aliphatic carbocycles. The first-order valence-electron chi connectivity index (χ1n) is 7.80. The minimum absolute atomic E-state index is 0.0134. The number of aromatic nitrogens is 3. The summed E-state index contributed by atoms with van der Waals surface area (Å²) in [5.74, 6) is -1.59. The molecule has 0 unspecified atom stereocenters. The first-order chi connectivity index (χ1) is 12.1. The van der Waals surface area contributed by atoms with Crippen molar-refractivity contribution in [3.63, 3.8) is 0 Å². The van der Waals surface area contributed by atoms with Crippen molar-refractivity contribution < 1.29 is 21.6 Å². The van der Waals surface area contributed by atoms with Crippen LogP contribution in [-0.4, -0.2) is 58.7 Å². The van der Waals surface area contributed by atoms with Gasteiger partial charge in [-0.1, -0.05) is 0 Å². The van der Waals surface area contributed by atoms with Crippen LogP contribution < -0.4 is 10.9 Å². The van der Waals surface area contributed by atoms with Crippen LogP contribution in [0.4, 0.5) is 19.1 Å². The monoisotopic (exact) mass is 391 g/mol. The molecule has 1 aliphatic heterocycles. The molecule has 0 spiro atoms. The van der Waals surface area contributed by atoms with Gasteiger partial charge in [-0.2, -0.15) is 18.2 Å². The number of rotatable bonds is 4. The number of sulfonamides is 1. The minimum atomic E-state index is -4.76. The molecular weight excluding hydrogens is 375 g/mol. The number of alkyl halides is 3. The number of hydrogen-bond donors (Lipinski definition) is 2. The van der Waals surface area contributed by atoms with Gasteiger partial charge in [-0.15, -0.1) is 0 Å². The lowest BCUT2D eigenvalue weighted by Crippen LogP contribution is -2.45. The summed E-state index contributed by atoms with van der Waals surface area (Å²) in [5, 5.41) is 3.68. The first-order valence-corrected chi connectivity index (χ1v) is 9.40. The van der Waals surface area contributed by atoms with Gasteiger partial charge in [-0.05, 0) is 18.9 Å².